The number of thioether (sulfide) groups is 1. The van der Waals surface area contributed by atoms with Crippen LogP contribution in [0.2, 0.25) is 0 Å². The molecule has 102 valence electrons. The Morgan fingerprint density at radius 2 is 2.06 bits per heavy atom. The van der Waals surface area contributed by atoms with Gasteiger partial charge in [-0.15, -0.1) is 5.10 Å². The average Bonchev–Trinajstić information content (AvgIpc) is 2.74. The van der Waals surface area contributed by atoms with Crippen molar-refractivity contribution in [3.05, 3.63) is 11.9 Å². The van der Waals surface area contributed by atoms with E-state index in [0.29, 0.717) is 0 Å². The third-order valence-electron chi connectivity index (χ3n) is 3.08. The lowest BCUT2D eigenvalue weighted by Gasteiger charge is -2.34. The molecule has 1 fully saturated rings. The molecule has 2 rings (SSSR count). The number of aromatic nitrogens is 3. The van der Waals surface area contributed by atoms with Crippen LogP contribution in [0.3, 0.4) is 0 Å². The fraction of sp³-hybridized carbons (Fsp3) is 0.833. The molecule has 1 aromatic heterocycles. The number of hydrogen-bond donors (Lipinski definition) is 1. The second kappa shape index (κ2) is 6.54. The molecule has 2 unspecified atom stereocenters. The highest BCUT2D eigenvalue weighted by molar-refractivity contribution is 8.00. The van der Waals surface area contributed by atoms with Crippen molar-refractivity contribution in [1.29, 1.82) is 0 Å². The lowest BCUT2D eigenvalue weighted by atomic mass is 10.3. The van der Waals surface area contributed by atoms with E-state index < -0.39 is 0 Å². The van der Waals surface area contributed by atoms with E-state index in [9.17, 15) is 0 Å². The van der Waals surface area contributed by atoms with Gasteiger partial charge in [0, 0.05) is 42.9 Å². The highest BCUT2D eigenvalue weighted by atomic mass is 32.2. The molecule has 0 aliphatic carbocycles. The van der Waals surface area contributed by atoms with E-state index in [1.54, 1.807) is 0 Å². The van der Waals surface area contributed by atoms with Gasteiger partial charge >= 0.3 is 0 Å². The Labute approximate surface area is 113 Å². The zero-order valence-corrected chi connectivity index (χ0v) is 12.3. The van der Waals surface area contributed by atoms with Crippen LogP contribution in [-0.4, -0.2) is 57.1 Å². The van der Waals surface area contributed by atoms with Crippen molar-refractivity contribution < 1.29 is 0 Å². The van der Waals surface area contributed by atoms with Gasteiger partial charge in [0.25, 0.3) is 0 Å². The molecule has 1 aliphatic heterocycles. The fourth-order valence-electron chi connectivity index (χ4n) is 2.42. The summed E-state index contributed by atoms with van der Waals surface area (Å²) in [5.41, 5.74) is 1.01. The summed E-state index contributed by atoms with van der Waals surface area (Å²) in [6, 6.07) is 0. The summed E-state index contributed by atoms with van der Waals surface area (Å²) in [5.74, 6) is 0. The van der Waals surface area contributed by atoms with Crippen LogP contribution >= 0.6 is 11.8 Å². The predicted octanol–water partition coefficient (Wildman–Crippen LogP) is 0.823. The Kier molecular flexibility index (Phi) is 5.03. The zero-order chi connectivity index (χ0) is 13.0. The molecule has 1 saturated heterocycles. The molecule has 0 bridgehead atoms. The molecule has 0 spiro atoms. The molecule has 18 heavy (non-hydrogen) atoms. The number of nitrogens with one attached hydrogen (secondary N) is 1. The van der Waals surface area contributed by atoms with Crippen LogP contribution in [0.25, 0.3) is 0 Å². The SMILES string of the molecule is CNCc1cn(CCN2CC(C)SC(C)C2)nn1. The monoisotopic (exact) mass is 269 g/mol. The first-order valence-electron chi connectivity index (χ1n) is 6.59. The maximum atomic E-state index is 4.15. The van der Waals surface area contributed by atoms with Gasteiger partial charge in [-0.3, -0.25) is 9.58 Å². The van der Waals surface area contributed by atoms with Gasteiger partial charge in [0.2, 0.25) is 0 Å². The maximum Gasteiger partial charge on any atom is 0.0964 e. The van der Waals surface area contributed by atoms with Crippen molar-refractivity contribution >= 4 is 11.8 Å². The Morgan fingerprint density at radius 1 is 1.33 bits per heavy atom. The number of nitrogens with zero attached hydrogens (tertiary/aromatic N) is 4. The Bertz CT molecular complexity index is 357. The van der Waals surface area contributed by atoms with Crippen LogP contribution in [0.15, 0.2) is 6.20 Å². The molecule has 2 atom stereocenters. The molecule has 1 aromatic rings. The Balaban J connectivity index is 1.79. The summed E-state index contributed by atoms with van der Waals surface area (Å²) in [5, 5.41) is 12.8. The van der Waals surface area contributed by atoms with E-state index in [2.05, 4.69) is 46.1 Å². The van der Waals surface area contributed by atoms with Crippen molar-refractivity contribution in [3.8, 4) is 0 Å². The molecular formula is C12H23N5S. The Morgan fingerprint density at radius 3 is 2.72 bits per heavy atom. The second-order valence-electron chi connectivity index (χ2n) is 5.02. The summed E-state index contributed by atoms with van der Waals surface area (Å²) in [6.07, 6.45) is 2.03. The molecule has 2 heterocycles. The van der Waals surface area contributed by atoms with Gasteiger partial charge in [-0.1, -0.05) is 19.1 Å². The van der Waals surface area contributed by atoms with Gasteiger partial charge in [0.1, 0.15) is 0 Å². The molecule has 0 amide bonds. The van der Waals surface area contributed by atoms with E-state index in [-0.39, 0.29) is 0 Å². The third kappa shape index (κ3) is 3.96. The zero-order valence-electron chi connectivity index (χ0n) is 11.5. The summed E-state index contributed by atoms with van der Waals surface area (Å²) in [6.45, 7) is 9.79. The smallest absolute Gasteiger partial charge is 0.0964 e. The van der Waals surface area contributed by atoms with Crippen molar-refractivity contribution in [2.24, 2.45) is 0 Å². The highest BCUT2D eigenvalue weighted by Crippen LogP contribution is 2.24. The number of rotatable bonds is 5. The van der Waals surface area contributed by atoms with E-state index in [0.717, 1.165) is 35.8 Å². The lowest BCUT2D eigenvalue weighted by molar-refractivity contribution is 0.255. The predicted molar refractivity (Wildman–Crippen MR) is 75.7 cm³/mol. The van der Waals surface area contributed by atoms with Crippen molar-refractivity contribution in [2.75, 3.05) is 26.7 Å². The first kappa shape index (κ1) is 13.8. The second-order valence-corrected chi connectivity index (χ2v) is 6.90. The highest BCUT2D eigenvalue weighted by Gasteiger charge is 2.21. The summed E-state index contributed by atoms with van der Waals surface area (Å²) in [7, 11) is 1.92. The van der Waals surface area contributed by atoms with Crippen LogP contribution in [-0.2, 0) is 13.1 Å². The third-order valence-corrected chi connectivity index (χ3v) is 4.31. The van der Waals surface area contributed by atoms with Gasteiger partial charge in [0.05, 0.1) is 12.2 Å². The quantitative estimate of drug-likeness (QED) is 0.857. The molecule has 1 aliphatic rings. The average molecular weight is 269 g/mol. The maximum absolute atomic E-state index is 4.15. The van der Waals surface area contributed by atoms with Gasteiger partial charge < -0.3 is 5.32 Å². The van der Waals surface area contributed by atoms with Crippen LogP contribution in [0.5, 0.6) is 0 Å². The fourth-order valence-corrected chi connectivity index (χ4v) is 3.81. The minimum atomic E-state index is 0.740. The van der Waals surface area contributed by atoms with Crippen molar-refractivity contribution in [1.82, 2.24) is 25.2 Å². The largest absolute Gasteiger partial charge is 0.314 e. The minimum Gasteiger partial charge on any atom is -0.314 e. The molecule has 6 heteroatoms. The normalized spacial score (nSPS) is 25.5. The molecule has 1 N–H and O–H groups in total. The van der Waals surface area contributed by atoms with Crippen LogP contribution in [0.4, 0.5) is 0 Å². The first-order chi connectivity index (χ1) is 8.67. The summed E-state index contributed by atoms with van der Waals surface area (Å²) in [4.78, 5) is 2.53. The van der Waals surface area contributed by atoms with E-state index in [4.69, 9.17) is 0 Å². The molecular weight excluding hydrogens is 246 g/mol. The standard InChI is InChI=1S/C12H23N5S/c1-10-7-16(8-11(2)18-10)4-5-17-9-12(6-13-3)14-15-17/h9-11,13H,4-8H2,1-3H3. The molecule has 5 nitrogen and oxygen atoms in total. The van der Waals surface area contributed by atoms with Crippen molar-refractivity contribution in [2.45, 2.75) is 37.4 Å². The molecule has 0 radical (unpaired) electrons. The molecule has 0 aromatic carbocycles. The van der Waals surface area contributed by atoms with Gasteiger partial charge in [-0.2, -0.15) is 11.8 Å². The van der Waals surface area contributed by atoms with Crippen LogP contribution < -0.4 is 5.32 Å². The summed E-state index contributed by atoms with van der Waals surface area (Å²) < 4.78 is 1.95. The van der Waals surface area contributed by atoms with Gasteiger partial charge in [-0.05, 0) is 7.05 Å². The summed E-state index contributed by atoms with van der Waals surface area (Å²) >= 11 is 2.09. The van der Waals surface area contributed by atoms with E-state index >= 15 is 0 Å². The minimum absolute atomic E-state index is 0.740. The van der Waals surface area contributed by atoms with Crippen molar-refractivity contribution in [3.63, 3.8) is 0 Å². The number of hydrogen-bond acceptors (Lipinski definition) is 5. The Hall–Kier alpha value is -0.590. The lowest BCUT2D eigenvalue weighted by Crippen LogP contribution is -2.41. The van der Waals surface area contributed by atoms with Gasteiger partial charge in [0.15, 0.2) is 0 Å². The topological polar surface area (TPSA) is 46.0 Å². The van der Waals surface area contributed by atoms with E-state index in [1.165, 1.54) is 13.1 Å². The van der Waals surface area contributed by atoms with Crippen LogP contribution in [0, 0.1) is 0 Å². The molecule has 0 saturated carbocycles. The van der Waals surface area contributed by atoms with Crippen LogP contribution in [0.1, 0.15) is 19.5 Å². The first-order valence-corrected chi connectivity index (χ1v) is 7.53. The van der Waals surface area contributed by atoms with Gasteiger partial charge in [-0.25, -0.2) is 0 Å². The van der Waals surface area contributed by atoms with E-state index in [1.807, 2.05) is 17.9 Å².